The maximum absolute atomic E-state index is 12.3. The minimum absolute atomic E-state index is 0.0216. The normalized spacial score (nSPS) is 12.4. The topological polar surface area (TPSA) is 52.0 Å². The number of amides is 1. The lowest BCUT2D eigenvalue weighted by Crippen LogP contribution is -3.10. The fraction of sp³-hybridized carbons (Fsp3) is 0.435. The number of hydrogen-bond acceptors (Lipinski definition) is 3. The average Bonchev–Trinajstić information content (AvgIpc) is 2.65. The largest absolute Gasteiger partial charge is 0.493 e. The van der Waals surface area contributed by atoms with Crippen LogP contribution in [0.2, 0.25) is 0 Å². The number of likely N-dealkylation sites (N-methyl/N-ethyl adjacent to an activating group) is 1. The van der Waals surface area contributed by atoms with Crippen molar-refractivity contribution in [1.82, 2.24) is 0 Å². The Hall–Kier alpha value is -2.53. The molecule has 0 saturated heterocycles. The summed E-state index contributed by atoms with van der Waals surface area (Å²) in [5.41, 5.74) is 3.36. The predicted octanol–water partition coefficient (Wildman–Crippen LogP) is 2.70. The first-order valence-electron chi connectivity index (χ1n) is 9.65. The Morgan fingerprint density at radius 1 is 1.00 bits per heavy atom. The molecule has 1 unspecified atom stereocenters. The third-order valence-electron chi connectivity index (χ3n) is 4.79. The number of rotatable bonds is 8. The van der Waals surface area contributed by atoms with E-state index in [2.05, 4.69) is 38.2 Å². The van der Waals surface area contributed by atoms with Crippen molar-refractivity contribution >= 4 is 11.6 Å². The second kappa shape index (κ2) is 9.60. The van der Waals surface area contributed by atoms with Crippen LogP contribution in [0.5, 0.6) is 11.5 Å². The zero-order valence-corrected chi connectivity index (χ0v) is 17.9. The summed E-state index contributed by atoms with van der Waals surface area (Å²) in [5, 5.41) is 2.99. The van der Waals surface area contributed by atoms with Gasteiger partial charge in [-0.2, -0.15) is 0 Å². The van der Waals surface area contributed by atoms with Crippen LogP contribution in [0.1, 0.15) is 31.9 Å². The van der Waals surface area contributed by atoms with Gasteiger partial charge in [0.15, 0.2) is 18.0 Å². The van der Waals surface area contributed by atoms with Crippen molar-refractivity contribution in [2.75, 3.05) is 39.7 Å². The quantitative estimate of drug-likeness (QED) is 0.735. The van der Waals surface area contributed by atoms with Crippen LogP contribution >= 0.6 is 0 Å². The summed E-state index contributed by atoms with van der Waals surface area (Å²) in [4.78, 5) is 13.5. The number of quaternary nitrogens is 1. The first kappa shape index (κ1) is 21.8. The highest BCUT2D eigenvalue weighted by Crippen LogP contribution is 2.27. The number of methoxy groups -OCH3 is 2. The lowest BCUT2D eigenvalue weighted by Gasteiger charge is -2.19. The van der Waals surface area contributed by atoms with Crippen molar-refractivity contribution in [1.29, 1.82) is 0 Å². The van der Waals surface area contributed by atoms with E-state index in [1.807, 2.05) is 37.4 Å². The maximum Gasteiger partial charge on any atom is 0.279 e. The van der Waals surface area contributed by atoms with Gasteiger partial charge in [0.25, 0.3) is 5.91 Å². The molecule has 152 valence electrons. The van der Waals surface area contributed by atoms with Gasteiger partial charge in [0.1, 0.15) is 0 Å². The number of hydrogen-bond donors (Lipinski definition) is 2. The molecule has 1 amide bonds. The number of ether oxygens (including phenoxy) is 2. The maximum atomic E-state index is 12.3. The molecule has 1 atom stereocenters. The molecule has 5 heteroatoms. The van der Waals surface area contributed by atoms with Gasteiger partial charge in [0, 0.05) is 12.1 Å². The molecule has 0 aliphatic carbocycles. The lowest BCUT2D eigenvalue weighted by molar-refractivity contribution is -0.870. The number of carbonyl (C=O) groups is 1. The minimum atomic E-state index is 0.0216. The molecule has 5 nitrogen and oxygen atoms in total. The summed E-state index contributed by atoms with van der Waals surface area (Å²) in [5.74, 6) is 1.48. The Morgan fingerprint density at radius 3 is 2.21 bits per heavy atom. The minimum Gasteiger partial charge on any atom is -0.493 e. The zero-order chi connectivity index (χ0) is 20.7. The number of anilines is 1. The highest BCUT2D eigenvalue weighted by molar-refractivity contribution is 5.91. The summed E-state index contributed by atoms with van der Waals surface area (Å²) >= 11 is 0. The lowest BCUT2D eigenvalue weighted by atomic mass is 9.87. The van der Waals surface area contributed by atoms with Gasteiger partial charge < -0.3 is 19.7 Å². The van der Waals surface area contributed by atoms with E-state index in [1.165, 1.54) is 5.56 Å². The Labute approximate surface area is 168 Å². The predicted molar refractivity (Wildman–Crippen MR) is 114 cm³/mol. The van der Waals surface area contributed by atoms with Crippen LogP contribution in [0.3, 0.4) is 0 Å². The van der Waals surface area contributed by atoms with E-state index in [-0.39, 0.29) is 11.3 Å². The van der Waals surface area contributed by atoms with Crippen molar-refractivity contribution in [3.8, 4) is 11.5 Å². The van der Waals surface area contributed by atoms with Crippen LogP contribution in [0.15, 0.2) is 42.5 Å². The van der Waals surface area contributed by atoms with E-state index in [0.29, 0.717) is 6.54 Å². The molecule has 0 saturated carbocycles. The van der Waals surface area contributed by atoms with Gasteiger partial charge in [-0.15, -0.1) is 0 Å². The summed E-state index contributed by atoms with van der Waals surface area (Å²) < 4.78 is 10.6. The van der Waals surface area contributed by atoms with Crippen molar-refractivity contribution in [3.63, 3.8) is 0 Å². The monoisotopic (exact) mass is 385 g/mol. The Kier molecular flexibility index (Phi) is 7.46. The summed E-state index contributed by atoms with van der Waals surface area (Å²) in [6.45, 7) is 7.81. The Balaban J connectivity index is 1.84. The standard InChI is InChI=1S/C23H32N2O3/c1-23(2,3)18-8-10-19(11-9-18)24-22(26)16-25(4)14-13-17-7-12-20(27-5)21(15-17)28-6/h7-12,15H,13-14,16H2,1-6H3,(H,24,26)/p+1. The zero-order valence-electron chi connectivity index (χ0n) is 17.9. The van der Waals surface area contributed by atoms with E-state index >= 15 is 0 Å². The molecule has 28 heavy (non-hydrogen) atoms. The molecule has 2 aromatic carbocycles. The van der Waals surface area contributed by atoms with Gasteiger partial charge in [-0.3, -0.25) is 4.79 Å². The molecule has 0 aliphatic heterocycles. The first-order chi connectivity index (χ1) is 13.2. The number of nitrogens with one attached hydrogen (secondary N) is 2. The first-order valence-corrected chi connectivity index (χ1v) is 9.65. The molecular formula is C23H33N2O3+. The molecule has 0 aliphatic rings. The third-order valence-corrected chi connectivity index (χ3v) is 4.79. The average molecular weight is 386 g/mol. The summed E-state index contributed by atoms with van der Waals surface area (Å²) in [6.07, 6.45) is 0.861. The summed E-state index contributed by atoms with van der Waals surface area (Å²) in [7, 11) is 5.30. The van der Waals surface area contributed by atoms with E-state index in [0.717, 1.165) is 40.6 Å². The van der Waals surface area contributed by atoms with Crippen LogP contribution < -0.4 is 19.7 Å². The van der Waals surface area contributed by atoms with Gasteiger partial charge in [-0.1, -0.05) is 39.0 Å². The molecule has 0 spiro atoms. The smallest absolute Gasteiger partial charge is 0.279 e. The van der Waals surface area contributed by atoms with Crippen molar-refractivity contribution < 1.29 is 19.2 Å². The molecule has 2 rings (SSSR count). The molecule has 2 aromatic rings. The fourth-order valence-electron chi connectivity index (χ4n) is 3.02. The number of carbonyl (C=O) groups excluding carboxylic acids is 1. The van der Waals surface area contributed by atoms with Crippen molar-refractivity contribution in [2.45, 2.75) is 32.6 Å². The van der Waals surface area contributed by atoms with E-state index in [1.54, 1.807) is 14.2 Å². The molecular weight excluding hydrogens is 352 g/mol. The molecule has 0 radical (unpaired) electrons. The molecule has 0 aromatic heterocycles. The van der Waals surface area contributed by atoms with Gasteiger partial charge in [0.2, 0.25) is 0 Å². The molecule has 0 fully saturated rings. The van der Waals surface area contributed by atoms with Crippen LogP contribution in [0.4, 0.5) is 5.69 Å². The van der Waals surface area contributed by atoms with Gasteiger partial charge >= 0.3 is 0 Å². The second-order valence-corrected chi connectivity index (χ2v) is 8.20. The van der Waals surface area contributed by atoms with E-state index in [9.17, 15) is 4.79 Å². The van der Waals surface area contributed by atoms with Crippen LogP contribution in [-0.4, -0.2) is 40.3 Å². The SMILES string of the molecule is COc1ccc(CC[NH+](C)CC(=O)Nc2ccc(C(C)(C)C)cc2)cc1OC. The third kappa shape index (κ3) is 6.27. The molecule has 0 heterocycles. The second-order valence-electron chi connectivity index (χ2n) is 8.20. The van der Waals surface area contributed by atoms with E-state index in [4.69, 9.17) is 9.47 Å². The fourth-order valence-corrected chi connectivity index (χ4v) is 3.02. The van der Waals surface area contributed by atoms with Gasteiger partial charge in [0.05, 0.1) is 27.8 Å². The highest BCUT2D eigenvalue weighted by atomic mass is 16.5. The molecule has 2 N–H and O–H groups in total. The van der Waals surface area contributed by atoms with Crippen molar-refractivity contribution in [2.24, 2.45) is 0 Å². The van der Waals surface area contributed by atoms with E-state index < -0.39 is 0 Å². The molecule has 0 bridgehead atoms. The number of benzene rings is 2. The van der Waals surface area contributed by atoms with Crippen LogP contribution in [-0.2, 0) is 16.6 Å². The Morgan fingerprint density at radius 2 is 1.64 bits per heavy atom. The highest BCUT2D eigenvalue weighted by Gasteiger charge is 2.14. The van der Waals surface area contributed by atoms with Crippen molar-refractivity contribution in [3.05, 3.63) is 53.6 Å². The Bertz CT molecular complexity index is 779. The van der Waals surface area contributed by atoms with Gasteiger partial charge in [-0.25, -0.2) is 0 Å². The van der Waals surface area contributed by atoms with Gasteiger partial charge in [-0.05, 0) is 40.8 Å². The summed E-state index contributed by atoms with van der Waals surface area (Å²) in [6, 6.07) is 14.0. The van der Waals surface area contributed by atoms with Crippen LogP contribution in [0.25, 0.3) is 0 Å². The van der Waals surface area contributed by atoms with Crippen LogP contribution in [0, 0.1) is 0 Å².